The first-order valence-electron chi connectivity index (χ1n) is 4.67. The standard InChI is InChI=1S/C11H16NP/c1-11(2)5-3-4-9-7-12(13)8-10(9)6-11/h3-6H,7-8,13H2,1-2H3. The molecule has 2 rings (SSSR count). The summed E-state index contributed by atoms with van der Waals surface area (Å²) in [7, 11) is 2.77. The van der Waals surface area contributed by atoms with E-state index >= 15 is 0 Å². The number of hydrogen-bond donors (Lipinski definition) is 0. The summed E-state index contributed by atoms with van der Waals surface area (Å²) < 4.78 is 2.27. The van der Waals surface area contributed by atoms with Crippen LogP contribution < -0.4 is 0 Å². The first kappa shape index (κ1) is 9.18. The maximum absolute atomic E-state index is 2.77. The van der Waals surface area contributed by atoms with Gasteiger partial charge in [0, 0.05) is 18.5 Å². The average Bonchev–Trinajstić information content (AvgIpc) is 2.23. The van der Waals surface area contributed by atoms with E-state index in [9.17, 15) is 0 Å². The lowest BCUT2D eigenvalue weighted by molar-refractivity contribution is 0.596. The summed E-state index contributed by atoms with van der Waals surface area (Å²) in [5.74, 6) is 0. The summed E-state index contributed by atoms with van der Waals surface area (Å²) in [6.45, 7) is 6.63. The van der Waals surface area contributed by atoms with Crippen LogP contribution in [-0.4, -0.2) is 17.8 Å². The topological polar surface area (TPSA) is 3.24 Å². The first-order chi connectivity index (χ1) is 6.07. The smallest absolute Gasteiger partial charge is 0.0274 e. The maximum atomic E-state index is 2.77. The molecule has 0 aromatic heterocycles. The Hall–Kier alpha value is -0.390. The molecule has 13 heavy (non-hydrogen) atoms. The Morgan fingerprint density at radius 3 is 2.77 bits per heavy atom. The highest BCUT2D eigenvalue weighted by atomic mass is 31.0. The molecule has 0 amide bonds. The lowest BCUT2D eigenvalue weighted by atomic mass is 9.91. The SMILES string of the molecule is CC1(C)C=CC=C2CN(P)CC2=C1. The number of nitrogens with zero attached hydrogens (tertiary/aromatic N) is 1. The molecule has 1 aliphatic heterocycles. The lowest BCUT2D eigenvalue weighted by Crippen LogP contribution is -2.06. The Balaban J connectivity index is 2.37. The molecule has 1 nitrogen and oxygen atoms in total. The van der Waals surface area contributed by atoms with Gasteiger partial charge in [0.2, 0.25) is 0 Å². The number of fused-ring (bicyclic) bond motifs is 1. The van der Waals surface area contributed by atoms with Crippen molar-refractivity contribution in [3.8, 4) is 0 Å². The van der Waals surface area contributed by atoms with Crippen LogP contribution in [0.15, 0.2) is 35.5 Å². The van der Waals surface area contributed by atoms with Crippen LogP contribution in [0.3, 0.4) is 0 Å². The van der Waals surface area contributed by atoms with Crippen LogP contribution in [0.2, 0.25) is 0 Å². The van der Waals surface area contributed by atoms with Crippen LogP contribution in [0.4, 0.5) is 0 Å². The summed E-state index contributed by atoms with van der Waals surface area (Å²) in [5, 5.41) is 0. The first-order valence-corrected chi connectivity index (χ1v) is 5.19. The van der Waals surface area contributed by atoms with Crippen molar-refractivity contribution in [2.45, 2.75) is 13.8 Å². The highest BCUT2D eigenvalue weighted by Crippen LogP contribution is 2.32. The maximum Gasteiger partial charge on any atom is 0.0274 e. The van der Waals surface area contributed by atoms with Crippen LogP contribution in [0.5, 0.6) is 0 Å². The quantitative estimate of drug-likeness (QED) is 0.534. The van der Waals surface area contributed by atoms with E-state index in [1.807, 2.05) is 0 Å². The fourth-order valence-corrected chi connectivity index (χ4v) is 2.30. The second kappa shape index (κ2) is 3.08. The summed E-state index contributed by atoms with van der Waals surface area (Å²) in [5.41, 5.74) is 3.17. The van der Waals surface area contributed by atoms with E-state index < -0.39 is 0 Å². The third-order valence-corrected chi connectivity index (χ3v) is 2.89. The normalized spacial score (nSPS) is 26.4. The van der Waals surface area contributed by atoms with Crippen molar-refractivity contribution in [3.05, 3.63) is 35.5 Å². The summed E-state index contributed by atoms with van der Waals surface area (Å²) in [6, 6.07) is 0. The van der Waals surface area contributed by atoms with Gasteiger partial charge in [0.15, 0.2) is 0 Å². The minimum absolute atomic E-state index is 0.212. The molecule has 1 heterocycles. The molecule has 1 aliphatic carbocycles. The molecule has 0 spiro atoms. The van der Waals surface area contributed by atoms with Crippen molar-refractivity contribution in [2.24, 2.45) is 5.41 Å². The largest absolute Gasteiger partial charge is 0.279 e. The van der Waals surface area contributed by atoms with Gasteiger partial charge in [-0.15, -0.1) is 0 Å². The van der Waals surface area contributed by atoms with Crippen molar-refractivity contribution in [1.82, 2.24) is 4.67 Å². The van der Waals surface area contributed by atoms with Crippen molar-refractivity contribution in [3.63, 3.8) is 0 Å². The summed E-state index contributed by atoms with van der Waals surface area (Å²) >= 11 is 0. The molecule has 0 radical (unpaired) electrons. The molecule has 2 heteroatoms. The Labute approximate surface area is 82.5 Å². The predicted molar refractivity (Wildman–Crippen MR) is 60.4 cm³/mol. The molecule has 0 bridgehead atoms. The highest BCUT2D eigenvalue weighted by molar-refractivity contribution is 7.13. The number of allylic oxidation sites excluding steroid dienone is 4. The molecular weight excluding hydrogens is 177 g/mol. The molecular formula is C11H16NP. The van der Waals surface area contributed by atoms with Crippen LogP contribution in [0, 0.1) is 5.41 Å². The second-order valence-electron chi connectivity index (χ2n) is 4.45. The molecule has 2 aliphatic rings. The monoisotopic (exact) mass is 193 g/mol. The zero-order chi connectivity index (χ0) is 9.47. The third-order valence-electron chi connectivity index (χ3n) is 2.53. The van der Waals surface area contributed by atoms with Crippen molar-refractivity contribution in [1.29, 1.82) is 0 Å². The molecule has 1 unspecified atom stereocenters. The fourth-order valence-electron chi connectivity index (χ4n) is 1.90. The van der Waals surface area contributed by atoms with Gasteiger partial charge in [-0.2, -0.15) is 0 Å². The summed E-state index contributed by atoms with van der Waals surface area (Å²) in [6.07, 6.45) is 9.07. The third kappa shape index (κ3) is 1.92. The van der Waals surface area contributed by atoms with Crippen LogP contribution >= 0.6 is 9.39 Å². The molecule has 0 saturated carbocycles. The van der Waals surface area contributed by atoms with E-state index in [4.69, 9.17) is 0 Å². The molecule has 70 valence electrons. The molecule has 1 atom stereocenters. The van der Waals surface area contributed by atoms with Gasteiger partial charge in [-0.25, -0.2) is 0 Å². The van der Waals surface area contributed by atoms with Gasteiger partial charge in [0.05, 0.1) is 0 Å². The van der Waals surface area contributed by atoms with Gasteiger partial charge in [-0.05, 0) is 11.1 Å². The van der Waals surface area contributed by atoms with Gasteiger partial charge in [0.1, 0.15) is 0 Å². The Bertz CT molecular complexity index is 310. The van der Waals surface area contributed by atoms with Crippen molar-refractivity contribution < 1.29 is 0 Å². The van der Waals surface area contributed by atoms with Crippen LogP contribution in [0.25, 0.3) is 0 Å². The molecule has 0 aromatic carbocycles. The van der Waals surface area contributed by atoms with E-state index in [0.717, 1.165) is 13.1 Å². The zero-order valence-corrected chi connectivity index (χ0v) is 9.40. The Morgan fingerprint density at radius 2 is 2.00 bits per heavy atom. The van der Waals surface area contributed by atoms with E-state index in [1.54, 1.807) is 0 Å². The van der Waals surface area contributed by atoms with Crippen molar-refractivity contribution in [2.75, 3.05) is 13.1 Å². The van der Waals surface area contributed by atoms with Gasteiger partial charge < -0.3 is 0 Å². The van der Waals surface area contributed by atoms with Gasteiger partial charge in [0.25, 0.3) is 0 Å². The lowest BCUT2D eigenvalue weighted by Gasteiger charge is -2.14. The molecule has 1 saturated heterocycles. The van der Waals surface area contributed by atoms with Gasteiger partial charge in [-0.1, -0.05) is 47.5 Å². The molecule has 0 N–H and O–H groups in total. The van der Waals surface area contributed by atoms with Crippen LogP contribution in [0.1, 0.15) is 13.8 Å². The molecule has 1 fully saturated rings. The Morgan fingerprint density at radius 1 is 1.31 bits per heavy atom. The highest BCUT2D eigenvalue weighted by Gasteiger charge is 2.22. The second-order valence-corrected chi connectivity index (χ2v) is 5.18. The Kier molecular flexibility index (Phi) is 2.17. The van der Waals surface area contributed by atoms with Gasteiger partial charge >= 0.3 is 0 Å². The van der Waals surface area contributed by atoms with E-state index in [-0.39, 0.29) is 5.41 Å². The minimum Gasteiger partial charge on any atom is -0.279 e. The predicted octanol–water partition coefficient (Wildman–Crippen LogP) is 2.54. The van der Waals surface area contributed by atoms with E-state index in [0.29, 0.717) is 0 Å². The minimum atomic E-state index is 0.212. The van der Waals surface area contributed by atoms with Gasteiger partial charge in [-0.3, -0.25) is 4.67 Å². The van der Waals surface area contributed by atoms with E-state index in [2.05, 4.69) is 52.2 Å². The number of rotatable bonds is 0. The van der Waals surface area contributed by atoms with Crippen molar-refractivity contribution >= 4 is 9.39 Å². The summed E-state index contributed by atoms with van der Waals surface area (Å²) in [4.78, 5) is 0. The van der Waals surface area contributed by atoms with E-state index in [1.165, 1.54) is 11.1 Å². The zero-order valence-electron chi connectivity index (χ0n) is 8.25. The fraction of sp³-hybridized carbons (Fsp3) is 0.455. The average molecular weight is 193 g/mol. The van der Waals surface area contributed by atoms with Crippen LogP contribution in [-0.2, 0) is 0 Å². The molecule has 0 aromatic rings. The number of hydrogen-bond acceptors (Lipinski definition) is 1.